The fourth-order valence-electron chi connectivity index (χ4n) is 4.27. The van der Waals surface area contributed by atoms with Crippen LogP contribution in [-0.2, 0) is 17.8 Å². The Balaban J connectivity index is 1.68. The van der Waals surface area contributed by atoms with E-state index in [9.17, 15) is 14.7 Å². The van der Waals surface area contributed by atoms with Gasteiger partial charge in [0.05, 0.1) is 29.1 Å². The van der Waals surface area contributed by atoms with Crippen LogP contribution in [0, 0.1) is 12.3 Å². The second-order valence-electron chi connectivity index (χ2n) is 9.17. The number of hydrogen-bond donors (Lipinski definition) is 2. The molecule has 0 spiro atoms. The van der Waals surface area contributed by atoms with Gasteiger partial charge < -0.3 is 19.7 Å². The smallest absolute Gasteiger partial charge is 0.338 e. The van der Waals surface area contributed by atoms with Crippen molar-refractivity contribution in [2.75, 3.05) is 11.4 Å². The average molecular weight is 446 g/mol. The van der Waals surface area contributed by atoms with Crippen LogP contribution in [0.5, 0.6) is 0 Å². The average Bonchev–Trinajstić information content (AvgIpc) is 3.17. The molecular weight excluding hydrogens is 418 g/mol. The minimum Gasteiger partial charge on any atom is -0.456 e. The quantitative estimate of drug-likeness (QED) is 0.461. The van der Waals surface area contributed by atoms with Gasteiger partial charge in [-0.1, -0.05) is 5.92 Å². The number of aromatic amines is 1. The number of benzene rings is 2. The first-order valence-corrected chi connectivity index (χ1v) is 10.9. The number of carbonyl (C=O) groups is 1. The molecule has 0 saturated heterocycles. The van der Waals surface area contributed by atoms with Gasteiger partial charge in [0.25, 0.3) is 5.56 Å². The van der Waals surface area contributed by atoms with E-state index < -0.39 is 5.60 Å². The molecular formula is C26H27N3O4. The highest BCUT2D eigenvalue weighted by Gasteiger charge is 2.29. The van der Waals surface area contributed by atoms with Crippen LogP contribution in [0.1, 0.15) is 60.5 Å². The fraction of sp³-hybridized carbons (Fsp3) is 0.346. The highest BCUT2D eigenvalue weighted by molar-refractivity contribution is 5.90. The molecule has 1 heterocycles. The lowest BCUT2D eigenvalue weighted by Gasteiger charge is -2.30. The highest BCUT2D eigenvalue weighted by atomic mass is 16.6. The van der Waals surface area contributed by atoms with Gasteiger partial charge in [-0.2, -0.15) is 0 Å². The molecule has 0 fully saturated rings. The van der Waals surface area contributed by atoms with Gasteiger partial charge in [-0.15, -0.1) is 6.42 Å². The highest BCUT2D eigenvalue weighted by Crippen LogP contribution is 2.39. The van der Waals surface area contributed by atoms with Crippen LogP contribution in [-0.4, -0.2) is 33.2 Å². The van der Waals surface area contributed by atoms with Crippen molar-refractivity contribution < 1.29 is 14.6 Å². The maximum Gasteiger partial charge on any atom is 0.338 e. The van der Waals surface area contributed by atoms with Crippen LogP contribution in [0.25, 0.3) is 10.9 Å². The Morgan fingerprint density at radius 3 is 2.67 bits per heavy atom. The number of nitrogens with one attached hydrogen (secondary N) is 1. The van der Waals surface area contributed by atoms with E-state index in [1.54, 1.807) is 12.1 Å². The summed E-state index contributed by atoms with van der Waals surface area (Å²) in [5, 5.41) is 9.82. The van der Waals surface area contributed by atoms with Gasteiger partial charge in [0.2, 0.25) is 0 Å². The van der Waals surface area contributed by atoms with Crippen LogP contribution in [0.2, 0.25) is 0 Å². The summed E-state index contributed by atoms with van der Waals surface area (Å²) in [4.78, 5) is 34.0. The third-order valence-electron chi connectivity index (χ3n) is 5.68. The monoisotopic (exact) mass is 445 g/mol. The number of rotatable bonds is 5. The van der Waals surface area contributed by atoms with Crippen molar-refractivity contribution in [2.24, 2.45) is 0 Å². The second-order valence-corrected chi connectivity index (χ2v) is 9.17. The summed E-state index contributed by atoms with van der Waals surface area (Å²) in [6.07, 6.45) is 7.36. The van der Waals surface area contributed by atoms with Crippen molar-refractivity contribution in [1.29, 1.82) is 0 Å². The Bertz CT molecular complexity index is 1300. The van der Waals surface area contributed by atoms with Gasteiger partial charge in [0, 0.05) is 5.69 Å². The topological polar surface area (TPSA) is 95.5 Å². The molecule has 0 aliphatic heterocycles. The number of esters is 1. The Hall–Kier alpha value is -3.63. The molecule has 170 valence electrons. The Morgan fingerprint density at radius 1 is 1.30 bits per heavy atom. The standard InChI is InChI=1S/C26H27N3O4/c1-5-12-29(18-9-6-16(7-10-18)25(32)33-26(2,3)4)22-11-8-17-13-21-20(14-19(17)22)24(31)28-23(15-30)27-21/h1,6-7,9-10,13-14,22,30H,8,11-12,15H2,2-4H3,(H,27,28,31)/t22-/m0/s1. The minimum atomic E-state index is -0.563. The van der Waals surface area contributed by atoms with Crippen molar-refractivity contribution in [3.63, 3.8) is 0 Å². The zero-order valence-corrected chi connectivity index (χ0v) is 19.0. The minimum absolute atomic E-state index is 0.00950. The molecule has 2 aromatic carbocycles. The number of ether oxygens (including phenoxy) is 1. The predicted octanol–water partition coefficient (Wildman–Crippen LogP) is 3.50. The van der Waals surface area contributed by atoms with Crippen LogP contribution < -0.4 is 10.5 Å². The lowest BCUT2D eigenvalue weighted by atomic mass is 10.0. The first-order chi connectivity index (χ1) is 15.7. The number of terminal acetylenes is 1. The van der Waals surface area contributed by atoms with Crippen LogP contribution in [0.3, 0.4) is 0 Å². The summed E-state index contributed by atoms with van der Waals surface area (Å²) in [5.74, 6) is 2.61. The molecule has 1 aliphatic carbocycles. The van der Waals surface area contributed by atoms with Gasteiger partial charge in [0.1, 0.15) is 18.0 Å². The van der Waals surface area contributed by atoms with Crippen molar-refractivity contribution in [1.82, 2.24) is 9.97 Å². The first-order valence-electron chi connectivity index (χ1n) is 10.9. The number of H-pyrrole nitrogens is 1. The maximum atomic E-state index is 12.5. The van der Waals surface area contributed by atoms with Crippen molar-refractivity contribution in [3.8, 4) is 12.3 Å². The summed E-state index contributed by atoms with van der Waals surface area (Å²) in [7, 11) is 0. The van der Waals surface area contributed by atoms with Gasteiger partial charge in [-0.3, -0.25) is 4.79 Å². The molecule has 3 aromatic rings. The van der Waals surface area contributed by atoms with E-state index in [2.05, 4.69) is 20.8 Å². The number of hydrogen-bond acceptors (Lipinski definition) is 6. The molecule has 7 heteroatoms. The molecule has 2 N–H and O–H groups in total. The number of anilines is 1. The molecule has 0 saturated carbocycles. The molecule has 7 nitrogen and oxygen atoms in total. The van der Waals surface area contributed by atoms with E-state index in [4.69, 9.17) is 11.2 Å². The SMILES string of the molecule is C#CCN(c1ccc(C(=O)OC(C)(C)C)cc1)[C@H]1CCc2cc3nc(CO)[nH]c(=O)c3cc21. The maximum absolute atomic E-state index is 12.5. The Morgan fingerprint density at radius 2 is 2.03 bits per heavy atom. The number of aliphatic hydroxyl groups excluding tert-OH is 1. The summed E-state index contributed by atoms with van der Waals surface area (Å²) < 4.78 is 5.45. The van der Waals surface area contributed by atoms with Crippen molar-refractivity contribution in [2.45, 2.75) is 51.9 Å². The zero-order valence-electron chi connectivity index (χ0n) is 19.0. The first kappa shape index (κ1) is 22.6. The Labute approximate surface area is 192 Å². The Kier molecular flexibility index (Phi) is 5.96. The summed E-state index contributed by atoms with van der Waals surface area (Å²) in [6, 6.07) is 11.0. The molecule has 33 heavy (non-hydrogen) atoms. The third-order valence-corrected chi connectivity index (χ3v) is 5.68. The molecule has 0 unspecified atom stereocenters. The van der Waals surface area contributed by atoms with Gasteiger partial charge in [-0.25, -0.2) is 9.78 Å². The van der Waals surface area contributed by atoms with Crippen molar-refractivity contribution >= 4 is 22.6 Å². The summed E-state index contributed by atoms with van der Waals surface area (Å²) in [5.41, 5.74) is 3.26. The van der Waals surface area contributed by atoms with E-state index in [-0.39, 0.29) is 30.0 Å². The number of nitrogens with zero attached hydrogens (tertiary/aromatic N) is 2. The molecule has 0 bridgehead atoms. The number of aromatic nitrogens is 2. The van der Waals surface area contributed by atoms with Gasteiger partial charge in [0.15, 0.2) is 0 Å². The molecule has 4 rings (SSSR count). The molecule has 0 radical (unpaired) electrons. The van der Waals surface area contributed by atoms with Crippen molar-refractivity contribution in [3.05, 3.63) is 69.3 Å². The summed E-state index contributed by atoms with van der Waals surface area (Å²) in [6.45, 7) is 5.56. The van der Waals surface area contributed by atoms with Gasteiger partial charge >= 0.3 is 5.97 Å². The van der Waals surface area contributed by atoms with Gasteiger partial charge in [-0.05, 0) is 81.1 Å². The number of carbonyl (C=O) groups excluding carboxylic acids is 1. The number of fused-ring (bicyclic) bond motifs is 2. The lowest BCUT2D eigenvalue weighted by Crippen LogP contribution is -2.28. The third kappa shape index (κ3) is 4.62. The van der Waals surface area contributed by atoms with E-state index in [1.807, 2.05) is 45.0 Å². The summed E-state index contributed by atoms with van der Waals surface area (Å²) >= 11 is 0. The normalized spacial score (nSPS) is 15.2. The lowest BCUT2D eigenvalue weighted by molar-refractivity contribution is 0.00695. The van der Waals surface area contributed by atoms with Crippen LogP contribution in [0.15, 0.2) is 41.2 Å². The zero-order chi connectivity index (χ0) is 23.8. The number of aryl methyl sites for hydroxylation is 1. The van der Waals surface area contributed by atoms with Crippen LogP contribution >= 0.6 is 0 Å². The van der Waals surface area contributed by atoms with E-state index in [0.717, 1.165) is 29.7 Å². The van der Waals surface area contributed by atoms with E-state index in [0.29, 0.717) is 23.0 Å². The predicted molar refractivity (Wildman–Crippen MR) is 127 cm³/mol. The second kappa shape index (κ2) is 8.72. The molecule has 1 aromatic heterocycles. The van der Waals surface area contributed by atoms with E-state index in [1.165, 1.54) is 0 Å². The van der Waals surface area contributed by atoms with Crippen LogP contribution in [0.4, 0.5) is 5.69 Å². The largest absolute Gasteiger partial charge is 0.456 e. The molecule has 1 atom stereocenters. The number of aliphatic hydroxyl groups is 1. The molecule has 0 amide bonds. The molecule has 1 aliphatic rings. The fourth-order valence-corrected chi connectivity index (χ4v) is 4.27. The van der Waals surface area contributed by atoms with E-state index >= 15 is 0 Å².